The zero-order valence-corrected chi connectivity index (χ0v) is 12.6. The second-order valence-electron chi connectivity index (χ2n) is 4.92. The number of hydrogen-bond acceptors (Lipinski definition) is 4. The van der Waals surface area contributed by atoms with E-state index in [0.717, 1.165) is 0 Å². The number of ether oxygens (including phenoxy) is 2. The minimum absolute atomic E-state index is 0.0930. The summed E-state index contributed by atoms with van der Waals surface area (Å²) >= 11 is 5.73. The van der Waals surface area contributed by atoms with Gasteiger partial charge in [-0.15, -0.1) is 11.6 Å². The molecule has 0 fully saturated rings. The highest BCUT2D eigenvalue weighted by Crippen LogP contribution is 2.13. The number of benzene rings is 1. The van der Waals surface area contributed by atoms with Crippen LogP contribution in [0, 0.1) is 5.92 Å². The Balaban J connectivity index is 2.82. The molecule has 1 rings (SSSR count). The fraction of sp³-hybridized carbons (Fsp3) is 0.467. The van der Waals surface area contributed by atoms with Crippen LogP contribution in [-0.4, -0.2) is 30.5 Å². The van der Waals surface area contributed by atoms with Gasteiger partial charge in [-0.05, 0) is 25.0 Å². The lowest BCUT2D eigenvalue weighted by Gasteiger charge is -2.11. The van der Waals surface area contributed by atoms with Crippen LogP contribution < -0.4 is 0 Å². The summed E-state index contributed by atoms with van der Waals surface area (Å²) in [5, 5.41) is -0.279. The molecule has 0 N–H and O–H groups in total. The predicted octanol–water partition coefficient (Wildman–Crippen LogP) is 3.28. The Bertz CT molecular complexity index is 426. The zero-order valence-electron chi connectivity index (χ0n) is 11.9. The van der Waals surface area contributed by atoms with Crippen molar-refractivity contribution in [3.63, 3.8) is 0 Å². The third kappa shape index (κ3) is 5.21. The Morgan fingerprint density at radius 1 is 1.00 bits per heavy atom. The molecule has 0 aromatic heterocycles. The van der Waals surface area contributed by atoms with Crippen molar-refractivity contribution in [1.82, 2.24) is 0 Å². The van der Waals surface area contributed by atoms with E-state index in [9.17, 15) is 9.59 Å². The molecule has 0 radical (unpaired) electrons. The van der Waals surface area contributed by atoms with E-state index in [2.05, 4.69) is 0 Å². The van der Waals surface area contributed by atoms with Crippen molar-refractivity contribution in [3.05, 3.63) is 35.4 Å². The normalized spacial score (nSPS) is 12.1. The molecular weight excluding hydrogens is 280 g/mol. The predicted molar refractivity (Wildman–Crippen MR) is 77.2 cm³/mol. The van der Waals surface area contributed by atoms with Gasteiger partial charge in [-0.1, -0.05) is 26.0 Å². The molecule has 0 amide bonds. The largest absolute Gasteiger partial charge is 0.462 e. The first-order chi connectivity index (χ1) is 9.41. The van der Waals surface area contributed by atoms with Crippen molar-refractivity contribution in [1.29, 1.82) is 0 Å². The Kier molecular flexibility index (Phi) is 6.52. The zero-order chi connectivity index (χ0) is 15.1. The molecule has 1 unspecified atom stereocenters. The van der Waals surface area contributed by atoms with Gasteiger partial charge in [0, 0.05) is 0 Å². The molecule has 0 spiro atoms. The summed E-state index contributed by atoms with van der Waals surface area (Å²) in [4.78, 5) is 23.9. The van der Waals surface area contributed by atoms with Crippen LogP contribution in [0.4, 0.5) is 0 Å². The first-order valence-corrected chi connectivity index (χ1v) is 6.92. The monoisotopic (exact) mass is 298 g/mol. The maximum atomic E-state index is 12.0. The lowest BCUT2D eigenvalue weighted by molar-refractivity contribution is 0.0431. The molecule has 0 aliphatic rings. The van der Waals surface area contributed by atoms with E-state index in [0.29, 0.717) is 6.61 Å². The molecule has 110 valence electrons. The second kappa shape index (κ2) is 7.90. The van der Waals surface area contributed by atoms with E-state index in [1.807, 2.05) is 13.8 Å². The van der Waals surface area contributed by atoms with Crippen LogP contribution in [0.2, 0.25) is 0 Å². The summed E-state index contributed by atoms with van der Waals surface area (Å²) in [5.41, 5.74) is 0.402. The van der Waals surface area contributed by atoms with Crippen molar-refractivity contribution in [2.45, 2.75) is 26.1 Å². The summed E-state index contributed by atoms with van der Waals surface area (Å²) in [6.45, 7) is 6.00. The smallest absolute Gasteiger partial charge is 0.339 e. The molecule has 4 nitrogen and oxygen atoms in total. The van der Waals surface area contributed by atoms with E-state index >= 15 is 0 Å². The number of halogens is 1. The topological polar surface area (TPSA) is 52.6 Å². The van der Waals surface area contributed by atoms with Crippen molar-refractivity contribution in [2.24, 2.45) is 5.92 Å². The average Bonchev–Trinajstić information content (AvgIpc) is 2.42. The number of carbonyl (C=O) groups is 2. The average molecular weight is 299 g/mol. The van der Waals surface area contributed by atoms with E-state index in [1.165, 1.54) is 6.07 Å². The third-order valence-electron chi connectivity index (χ3n) is 2.36. The lowest BCUT2D eigenvalue weighted by atomic mass is 10.1. The van der Waals surface area contributed by atoms with Crippen LogP contribution in [0.1, 0.15) is 41.5 Å². The van der Waals surface area contributed by atoms with E-state index in [1.54, 1.807) is 25.1 Å². The second-order valence-corrected chi connectivity index (χ2v) is 5.66. The standard InChI is InChI=1S/C15H19ClO4/c1-10(2)8-19-14(17)12-6-4-5-7-13(12)15(18)20-9-11(3)16/h4-7,10-11H,8-9H2,1-3H3. The molecule has 0 bridgehead atoms. The van der Waals surface area contributed by atoms with Gasteiger partial charge in [0.25, 0.3) is 0 Å². The van der Waals surface area contributed by atoms with E-state index < -0.39 is 11.9 Å². The minimum Gasteiger partial charge on any atom is -0.462 e. The highest BCUT2D eigenvalue weighted by molar-refractivity contribution is 6.20. The summed E-state index contributed by atoms with van der Waals surface area (Å²) in [6.07, 6.45) is 0. The molecular formula is C15H19ClO4. The van der Waals surface area contributed by atoms with Gasteiger partial charge in [-0.25, -0.2) is 9.59 Å². The minimum atomic E-state index is -0.574. The van der Waals surface area contributed by atoms with E-state index in [4.69, 9.17) is 21.1 Å². The summed E-state index contributed by atoms with van der Waals surface area (Å²) in [5.74, 6) is -0.866. The van der Waals surface area contributed by atoms with Crippen molar-refractivity contribution < 1.29 is 19.1 Å². The van der Waals surface area contributed by atoms with Crippen molar-refractivity contribution in [3.8, 4) is 0 Å². The van der Waals surface area contributed by atoms with Crippen molar-refractivity contribution >= 4 is 23.5 Å². The van der Waals surface area contributed by atoms with Gasteiger partial charge in [0.15, 0.2) is 0 Å². The molecule has 1 aromatic carbocycles. The van der Waals surface area contributed by atoms with Crippen LogP contribution in [0.3, 0.4) is 0 Å². The first-order valence-electron chi connectivity index (χ1n) is 6.49. The highest BCUT2D eigenvalue weighted by atomic mass is 35.5. The highest BCUT2D eigenvalue weighted by Gasteiger charge is 2.19. The Morgan fingerprint density at radius 3 is 1.85 bits per heavy atom. The lowest BCUT2D eigenvalue weighted by Crippen LogP contribution is -2.17. The molecule has 5 heteroatoms. The third-order valence-corrected chi connectivity index (χ3v) is 2.48. The van der Waals surface area contributed by atoms with Crippen molar-refractivity contribution in [2.75, 3.05) is 13.2 Å². The number of alkyl halides is 1. The summed E-state index contributed by atoms with van der Waals surface area (Å²) in [7, 11) is 0. The molecule has 0 aliphatic carbocycles. The summed E-state index contributed by atoms with van der Waals surface area (Å²) in [6, 6.07) is 6.42. The summed E-state index contributed by atoms with van der Waals surface area (Å²) < 4.78 is 10.2. The maximum Gasteiger partial charge on any atom is 0.339 e. The van der Waals surface area contributed by atoms with Gasteiger partial charge in [0.05, 0.1) is 23.1 Å². The van der Waals surface area contributed by atoms with Gasteiger partial charge in [0.1, 0.15) is 6.61 Å². The Labute approximate surface area is 124 Å². The van der Waals surface area contributed by atoms with Crippen LogP contribution in [0.25, 0.3) is 0 Å². The Morgan fingerprint density at radius 2 is 1.45 bits per heavy atom. The van der Waals surface area contributed by atoms with E-state index in [-0.39, 0.29) is 29.0 Å². The molecule has 0 aliphatic heterocycles. The maximum absolute atomic E-state index is 12.0. The molecule has 1 atom stereocenters. The van der Waals surface area contributed by atoms with Gasteiger partial charge in [-0.2, -0.15) is 0 Å². The fourth-order valence-electron chi connectivity index (χ4n) is 1.43. The quantitative estimate of drug-likeness (QED) is 0.597. The van der Waals surface area contributed by atoms with Crippen LogP contribution in [0.15, 0.2) is 24.3 Å². The number of carbonyl (C=O) groups excluding carboxylic acids is 2. The number of esters is 2. The van der Waals surface area contributed by atoms with Crippen LogP contribution in [0.5, 0.6) is 0 Å². The van der Waals surface area contributed by atoms with Gasteiger partial charge >= 0.3 is 11.9 Å². The van der Waals surface area contributed by atoms with Crippen LogP contribution in [-0.2, 0) is 9.47 Å². The van der Waals surface area contributed by atoms with Crippen LogP contribution >= 0.6 is 11.6 Å². The number of hydrogen-bond donors (Lipinski definition) is 0. The molecule has 0 saturated heterocycles. The SMILES string of the molecule is CC(C)COC(=O)c1ccccc1C(=O)OCC(C)Cl. The fourth-order valence-corrected chi connectivity index (χ4v) is 1.49. The molecule has 0 heterocycles. The number of rotatable bonds is 6. The van der Waals surface area contributed by atoms with Gasteiger partial charge in [0.2, 0.25) is 0 Å². The van der Waals surface area contributed by atoms with Gasteiger partial charge < -0.3 is 9.47 Å². The molecule has 1 aromatic rings. The Hall–Kier alpha value is -1.55. The molecule has 20 heavy (non-hydrogen) atoms. The molecule has 0 saturated carbocycles. The van der Waals surface area contributed by atoms with Gasteiger partial charge in [-0.3, -0.25) is 0 Å². The first kappa shape index (κ1) is 16.5.